The van der Waals surface area contributed by atoms with Gasteiger partial charge in [-0.25, -0.2) is 0 Å². The van der Waals surface area contributed by atoms with Crippen molar-refractivity contribution in [3.8, 4) is 0 Å². The van der Waals surface area contributed by atoms with Crippen molar-refractivity contribution in [3.05, 3.63) is 0 Å². The molecule has 0 bridgehead atoms. The highest BCUT2D eigenvalue weighted by atomic mass is 16.2. The summed E-state index contributed by atoms with van der Waals surface area (Å²) < 4.78 is 0. The quantitative estimate of drug-likeness (QED) is 0.631. The molecule has 0 fully saturated rings. The molecule has 0 heterocycles. The number of carbonyl (C=O) groups is 2. The Morgan fingerprint density at radius 1 is 1.33 bits per heavy atom. The first kappa shape index (κ1) is 13.9. The third-order valence-corrected chi connectivity index (χ3v) is 2.16. The summed E-state index contributed by atoms with van der Waals surface area (Å²) in [6.45, 7) is 6.15. The first-order valence-electron chi connectivity index (χ1n) is 5.13. The number of nitrogens with two attached hydrogens (primary N) is 1. The molecule has 1 unspecified atom stereocenters. The van der Waals surface area contributed by atoms with E-state index >= 15 is 0 Å². The van der Waals surface area contributed by atoms with Crippen LogP contribution in [0.15, 0.2) is 0 Å². The van der Waals surface area contributed by atoms with Gasteiger partial charge < -0.3 is 16.0 Å². The predicted octanol–water partition coefficient (Wildman–Crippen LogP) is -0.436. The molecular weight excluding hydrogens is 194 g/mol. The smallest absolute Gasteiger partial charge is 0.237 e. The number of rotatable bonds is 6. The normalized spacial score (nSPS) is 12.6. The molecule has 0 aromatic heterocycles. The molecule has 2 amide bonds. The molecule has 0 saturated heterocycles. The highest BCUT2D eigenvalue weighted by molar-refractivity contribution is 5.85. The van der Waals surface area contributed by atoms with Crippen LogP contribution < -0.4 is 11.1 Å². The summed E-state index contributed by atoms with van der Waals surface area (Å²) in [5.74, 6) is -0.663. The van der Waals surface area contributed by atoms with Crippen molar-refractivity contribution in [2.24, 2.45) is 11.7 Å². The topological polar surface area (TPSA) is 75.4 Å². The van der Waals surface area contributed by atoms with Gasteiger partial charge in [0.15, 0.2) is 0 Å². The van der Waals surface area contributed by atoms with E-state index in [-0.39, 0.29) is 24.4 Å². The van der Waals surface area contributed by atoms with Crippen LogP contribution in [0.25, 0.3) is 0 Å². The number of primary amides is 1. The van der Waals surface area contributed by atoms with Crippen molar-refractivity contribution >= 4 is 11.8 Å². The van der Waals surface area contributed by atoms with E-state index in [1.807, 2.05) is 20.8 Å². The molecule has 88 valence electrons. The Hall–Kier alpha value is -1.10. The fraction of sp³-hybridized carbons (Fsp3) is 0.800. The Morgan fingerprint density at radius 3 is 2.20 bits per heavy atom. The molecule has 5 nitrogen and oxygen atoms in total. The maximum Gasteiger partial charge on any atom is 0.237 e. The van der Waals surface area contributed by atoms with Gasteiger partial charge in [-0.3, -0.25) is 9.59 Å². The van der Waals surface area contributed by atoms with Crippen molar-refractivity contribution < 1.29 is 9.59 Å². The zero-order chi connectivity index (χ0) is 12.0. The van der Waals surface area contributed by atoms with Gasteiger partial charge in [0.25, 0.3) is 0 Å². The molecule has 5 heteroatoms. The largest absolute Gasteiger partial charge is 0.368 e. The standard InChI is InChI=1S/C10H21N3O2/c1-7(2)13(6-9(11)14)10(15)8(3)5-12-4/h7-8,12H,5-6H2,1-4H3,(H2,11,14). The van der Waals surface area contributed by atoms with Gasteiger partial charge in [0, 0.05) is 18.5 Å². The minimum Gasteiger partial charge on any atom is -0.368 e. The summed E-state index contributed by atoms with van der Waals surface area (Å²) in [5.41, 5.74) is 5.09. The maximum absolute atomic E-state index is 11.9. The van der Waals surface area contributed by atoms with Crippen LogP contribution in [0.3, 0.4) is 0 Å². The van der Waals surface area contributed by atoms with E-state index in [1.54, 1.807) is 7.05 Å². The average Bonchev–Trinajstić information content (AvgIpc) is 2.12. The maximum atomic E-state index is 11.9. The summed E-state index contributed by atoms with van der Waals surface area (Å²) >= 11 is 0. The molecule has 0 aliphatic carbocycles. The number of carbonyl (C=O) groups excluding carboxylic acids is 2. The third kappa shape index (κ3) is 4.78. The van der Waals surface area contributed by atoms with Crippen molar-refractivity contribution in [1.29, 1.82) is 0 Å². The molecule has 0 rings (SSSR count). The number of nitrogens with one attached hydrogen (secondary N) is 1. The Morgan fingerprint density at radius 2 is 1.87 bits per heavy atom. The molecule has 0 aromatic rings. The second-order valence-electron chi connectivity index (χ2n) is 3.98. The molecule has 0 aromatic carbocycles. The zero-order valence-corrected chi connectivity index (χ0v) is 9.91. The summed E-state index contributed by atoms with van der Waals surface area (Å²) in [7, 11) is 1.79. The van der Waals surface area contributed by atoms with Crippen LogP contribution in [-0.4, -0.2) is 42.9 Å². The Labute approximate surface area is 91.0 Å². The van der Waals surface area contributed by atoms with E-state index in [0.29, 0.717) is 6.54 Å². The van der Waals surface area contributed by atoms with Crippen LogP contribution in [-0.2, 0) is 9.59 Å². The summed E-state index contributed by atoms with van der Waals surface area (Å²) in [6.07, 6.45) is 0. The summed E-state index contributed by atoms with van der Waals surface area (Å²) in [5, 5.41) is 2.93. The fourth-order valence-electron chi connectivity index (χ4n) is 1.36. The lowest BCUT2D eigenvalue weighted by Crippen LogP contribution is -2.46. The molecule has 0 saturated carbocycles. The van der Waals surface area contributed by atoms with Gasteiger partial charge >= 0.3 is 0 Å². The molecule has 3 N–H and O–H groups in total. The van der Waals surface area contributed by atoms with E-state index in [1.165, 1.54) is 4.90 Å². The van der Waals surface area contributed by atoms with Gasteiger partial charge in [0.1, 0.15) is 0 Å². The van der Waals surface area contributed by atoms with Crippen molar-refractivity contribution in [3.63, 3.8) is 0 Å². The van der Waals surface area contributed by atoms with Crippen molar-refractivity contribution in [2.45, 2.75) is 26.8 Å². The monoisotopic (exact) mass is 215 g/mol. The molecule has 0 aliphatic heterocycles. The van der Waals surface area contributed by atoms with E-state index in [2.05, 4.69) is 5.32 Å². The van der Waals surface area contributed by atoms with Gasteiger partial charge in [-0.1, -0.05) is 6.92 Å². The lowest BCUT2D eigenvalue weighted by Gasteiger charge is -2.28. The predicted molar refractivity (Wildman–Crippen MR) is 59.1 cm³/mol. The minimum atomic E-state index is -0.478. The second kappa shape index (κ2) is 6.40. The van der Waals surface area contributed by atoms with Crippen LogP contribution in [0.1, 0.15) is 20.8 Å². The van der Waals surface area contributed by atoms with Crippen molar-refractivity contribution in [1.82, 2.24) is 10.2 Å². The van der Waals surface area contributed by atoms with Crippen LogP contribution in [0.4, 0.5) is 0 Å². The van der Waals surface area contributed by atoms with E-state index < -0.39 is 5.91 Å². The van der Waals surface area contributed by atoms with E-state index in [0.717, 1.165) is 0 Å². The van der Waals surface area contributed by atoms with Gasteiger partial charge in [-0.2, -0.15) is 0 Å². The Balaban J connectivity index is 4.47. The first-order chi connectivity index (χ1) is 6.90. The lowest BCUT2D eigenvalue weighted by atomic mass is 10.1. The molecule has 15 heavy (non-hydrogen) atoms. The molecule has 0 radical (unpaired) electrons. The average molecular weight is 215 g/mol. The summed E-state index contributed by atoms with van der Waals surface area (Å²) in [4.78, 5) is 24.2. The zero-order valence-electron chi connectivity index (χ0n) is 9.91. The fourth-order valence-corrected chi connectivity index (χ4v) is 1.36. The third-order valence-electron chi connectivity index (χ3n) is 2.16. The first-order valence-corrected chi connectivity index (χ1v) is 5.13. The van der Waals surface area contributed by atoms with Gasteiger partial charge in [-0.15, -0.1) is 0 Å². The SMILES string of the molecule is CNCC(C)C(=O)N(CC(N)=O)C(C)C. The minimum absolute atomic E-state index is 0.00937. The molecule has 0 spiro atoms. The molecule has 0 aliphatic rings. The van der Waals surface area contributed by atoms with Crippen molar-refractivity contribution in [2.75, 3.05) is 20.1 Å². The number of nitrogens with zero attached hydrogens (tertiary/aromatic N) is 1. The number of hydrogen-bond acceptors (Lipinski definition) is 3. The van der Waals surface area contributed by atoms with E-state index in [9.17, 15) is 9.59 Å². The Bertz CT molecular complexity index is 229. The lowest BCUT2D eigenvalue weighted by molar-refractivity contribution is -0.139. The molecule has 1 atom stereocenters. The second-order valence-corrected chi connectivity index (χ2v) is 3.98. The van der Waals surface area contributed by atoms with E-state index in [4.69, 9.17) is 5.73 Å². The summed E-state index contributed by atoms with van der Waals surface area (Å²) in [6, 6.07) is -0.00990. The highest BCUT2D eigenvalue weighted by Gasteiger charge is 2.23. The highest BCUT2D eigenvalue weighted by Crippen LogP contribution is 2.05. The Kier molecular flexibility index (Phi) is 5.93. The van der Waals surface area contributed by atoms with Gasteiger partial charge in [0.05, 0.1) is 6.54 Å². The van der Waals surface area contributed by atoms with Crippen LogP contribution in [0.5, 0.6) is 0 Å². The van der Waals surface area contributed by atoms with Crippen LogP contribution in [0.2, 0.25) is 0 Å². The number of amides is 2. The van der Waals surface area contributed by atoms with Gasteiger partial charge in [-0.05, 0) is 20.9 Å². The number of hydrogen-bond donors (Lipinski definition) is 2. The molecular formula is C10H21N3O2. The van der Waals surface area contributed by atoms with Gasteiger partial charge in [0.2, 0.25) is 11.8 Å². The van der Waals surface area contributed by atoms with Crippen LogP contribution in [0, 0.1) is 5.92 Å². The van der Waals surface area contributed by atoms with Crippen LogP contribution >= 0.6 is 0 Å².